The van der Waals surface area contributed by atoms with Crippen LogP contribution in [0.4, 0.5) is 0 Å². The molecule has 2 aliphatic heterocycles. The number of nitrogens with zero attached hydrogens (tertiary/aromatic N) is 2. The van der Waals surface area contributed by atoms with E-state index in [1.165, 1.54) is 17.1 Å². The highest BCUT2D eigenvalue weighted by atomic mass is 32.1. The van der Waals surface area contributed by atoms with Crippen LogP contribution in [-0.4, -0.2) is 56.8 Å². The number of hydroxylamine groups is 2. The summed E-state index contributed by atoms with van der Waals surface area (Å²) in [5.41, 5.74) is 0. The monoisotopic (exact) mass is 368 g/mol. The maximum Gasteiger partial charge on any atom is 0.335 e. The zero-order chi connectivity index (χ0) is 18.1. The summed E-state index contributed by atoms with van der Waals surface area (Å²) in [6.45, 7) is 0.358. The van der Waals surface area contributed by atoms with Crippen LogP contribution >= 0.6 is 12.6 Å². The molecular formula is C16H20N2O6S. The number of thiol groups is 1. The van der Waals surface area contributed by atoms with Gasteiger partial charge in [-0.05, 0) is 31.6 Å². The second-order valence-corrected chi connectivity index (χ2v) is 7.32. The van der Waals surface area contributed by atoms with E-state index in [0.29, 0.717) is 37.3 Å². The Morgan fingerprint density at radius 1 is 1.16 bits per heavy atom. The quantitative estimate of drug-likeness (QED) is 0.536. The highest BCUT2D eigenvalue weighted by Crippen LogP contribution is 2.32. The van der Waals surface area contributed by atoms with Crippen LogP contribution in [0.2, 0.25) is 0 Å². The first-order valence-corrected chi connectivity index (χ1v) is 8.82. The minimum absolute atomic E-state index is 0.0240. The van der Waals surface area contributed by atoms with Gasteiger partial charge in [0.1, 0.15) is 0 Å². The Balaban J connectivity index is 1.47. The summed E-state index contributed by atoms with van der Waals surface area (Å²) in [6, 6.07) is 0. The van der Waals surface area contributed by atoms with E-state index in [-0.39, 0.29) is 30.1 Å². The van der Waals surface area contributed by atoms with Gasteiger partial charge in [-0.2, -0.15) is 12.6 Å². The second-order valence-electron chi connectivity index (χ2n) is 6.65. The number of imide groups is 1. The van der Waals surface area contributed by atoms with Crippen molar-refractivity contribution >= 4 is 36.3 Å². The van der Waals surface area contributed by atoms with E-state index in [9.17, 15) is 24.3 Å². The summed E-state index contributed by atoms with van der Waals surface area (Å²) in [7, 11) is 0. The molecule has 0 radical (unpaired) electrons. The first-order valence-electron chi connectivity index (χ1n) is 8.30. The van der Waals surface area contributed by atoms with Crippen molar-refractivity contribution in [2.75, 3.05) is 6.54 Å². The molecule has 0 spiro atoms. The van der Waals surface area contributed by atoms with Gasteiger partial charge in [-0.25, -0.2) is 4.79 Å². The summed E-state index contributed by atoms with van der Waals surface area (Å²) >= 11 is 4.07. The van der Waals surface area contributed by atoms with Crippen LogP contribution in [0.1, 0.15) is 32.1 Å². The van der Waals surface area contributed by atoms with Crippen LogP contribution in [0.25, 0.3) is 0 Å². The third-order valence-electron chi connectivity index (χ3n) is 4.92. The lowest BCUT2D eigenvalue weighted by Gasteiger charge is -2.30. The van der Waals surface area contributed by atoms with E-state index < -0.39 is 23.4 Å². The topological polar surface area (TPSA) is 104 Å². The predicted molar refractivity (Wildman–Crippen MR) is 87.6 cm³/mol. The highest BCUT2D eigenvalue weighted by molar-refractivity contribution is 7.81. The summed E-state index contributed by atoms with van der Waals surface area (Å²) in [5.74, 6) is -1.81. The van der Waals surface area contributed by atoms with Gasteiger partial charge in [0.15, 0.2) is 6.23 Å². The van der Waals surface area contributed by atoms with Crippen LogP contribution < -0.4 is 0 Å². The molecule has 1 saturated carbocycles. The van der Waals surface area contributed by atoms with Crippen molar-refractivity contribution < 1.29 is 29.1 Å². The van der Waals surface area contributed by atoms with Gasteiger partial charge >= 0.3 is 5.97 Å². The van der Waals surface area contributed by atoms with E-state index in [2.05, 4.69) is 12.6 Å². The number of aliphatic hydroxyl groups excluding tert-OH is 1. The van der Waals surface area contributed by atoms with E-state index >= 15 is 0 Å². The Morgan fingerprint density at radius 3 is 2.28 bits per heavy atom. The molecule has 2 atom stereocenters. The molecule has 0 aromatic rings. The lowest BCUT2D eigenvalue weighted by atomic mass is 9.82. The molecule has 2 heterocycles. The maximum atomic E-state index is 12.2. The molecule has 3 amide bonds. The molecule has 9 heteroatoms. The normalized spacial score (nSPS) is 32.6. The Hall–Kier alpha value is -1.87. The zero-order valence-electron chi connectivity index (χ0n) is 13.5. The number of amides is 3. The molecule has 1 N–H and O–H groups in total. The number of aliphatic hydroxyl groups is 1. The highest BCUT2D eigenvalue weighted by Gasteiger charge is 2.41. The standard InChI is InChI=1S/C16H20N2O6S/c19-12-5-6-13(20)17(12)8-9-1-3-10(4-2-9)16(23)24-18-14(21)7-11(25)15(18)22/h5-6,9-11,15,22,25H,1-4,7-8H2/t9?,10?,11-,15?/m1/s1. The number of hydrogen-bond acceptors (Lipinski definition) is 7. The molecule has 0 bridgehead atoms. The number of carbonyl (C=O) groups excluding carboxylic acids is 4. The summed E-state index contributed by atoms with van der Waals surface area (Å²) < 4.78 is 0. The van der Waals surface area contributed by atoms with Gasteiger partial charge in [-0.15, -0.1) is 5.06 Å². The van der Waals surface area contributed by atoms with Crippen molar-refractivity contribution in [3.05, 3.63) is 12.2 Å². The largest absolute Gasteiger partial charge is 0.369 e. The van der Waals surface area contributed by atoms with Gasteiger partial charge in [0, 0.05) is 25.1 Å². The van der Waals surface area contributed by atoms with Gasteiger partial charge in [-0.3, -0.25) is 19.3 Å². The van der Waals surface area contributed by atoms with Gasteiger partial charge < -0.3 is 9.94 Å². The average molecular weight is 368 g/mol. The number of hydrogen-bond donors (Lipinski definition) is 2. The first kappa shape index (κ1) is 17.9. The Kier molecular flexibility index (Phi) is 5.14. The predicted octanol–water partition coefficient (Wildman–Crippen LogP) is 0.0251. The molecule has 25 heavy (non-hydrogen) atoms. The molecule has 8 nitrogen and oxygen atoms in total. The smallest absolute Gasteiger partial charge is 0.335 e. The van der Waals surface area contributed by atoms with E-state index in [4.69, 9.17) is 4.84 Å². The fourth-order valence-electron chi connectivity index (χ4n) is 3.40. The van der Waals surface area contributed by atoms with Crippen LogP contribution in [0.5, 0.6) is 0 Å². The lowest BCUT2D eigenvalue weighted by molar-refractivity contribution is -0.224. The van der Waals surface area contributed by atoms with Gasteiger partial charge in [0.05, 0.1) is 11.2 Å². The van der Waals surface area contributed by atoms with Crippen molar-refractivity contribution in [2.45, 2.75) is 43.6 Å². The fraction of sp³-hybridized carbons (Fsp3) is 0.625. The Morgan fingerprint density at radius 2 is 1.76 bits per heavy atom. The summed E-state index contributed by atoms with van der Waals surface area (Å²) in [4.78, 5) is 53.4. The van der Waals surface area contributed by atoms with Crippen molar-refractivity contribution in [2.24, 2.45) is 11.8 Å². The first-order chi connectivity index (χ1) is 11.9. The van der Waals surface area contributed by atoms with E-state index in [1.54, 1.807) is 0 Å². The molecule has 3 aliphatic rings. The lowest BCUT2D eigenvalue weighted by Crippen LogP contribution is -2.40. The van der Waals surface area contributed by atoms with Crippen LogP contribution in [0.15, 0.2) is 12.2 Å². The van der Waals surface area contributed by atoms with Gasteiger partial charge in [0.2, 0.25) is 0 Å². The fourth-order valence-corrected chi connectivity index (χ4v) is 3.68. The molecule has 3 rings (SSSR count). The molecule has 1 saturated heterocycles. The Labute approximate surface area is 150 Å². The minimum atomic E-state index is -1.23. The van der Waals surface area contributed by atoms with Crippen molar-refractivity contribution in [1.82, 2.24) is 9.96 Å². The van der Waals surface area contributed by atoms with Crippen molar-refractivity contribution in [3.63, 3.8) is 0 Å². The Bertz CT molecular complexity index is 610. The number of rotatable bonds is 4. The van der Waals surface area contributed by atoms with E-state index in [1.807, 2.05) is 0 Å². The average Bonchev–Trinajstić information content (AvgIpc) is 3.02. The molecular weight excluding hydrogens is 348 g/mol. The molecule has 1 aliphatic carbocycles. The van der Waals surface area contributed by atoms with Crippen molar-refractivity contribution in [3.8, 4) is 0 Å². The molecule has 136 valence electrons. The minimum Gasteiger partial charge on any atom is -0.369 e. The molecule has 0 aromatic carbocycles. The van der Waals surface area contributed by atoms with Gasteiger partial charge in [0.25, 0.3) is 17.7 Å². The maximum absolute atomic E-state index is 12.2. The van der Waals surface area contributed by atoms with Crippen molar-refractivity contribution in [1.29, 1.82) is 0 Å². The number of carbonyl (C=O) groups is 4. The molecule has 0 aromatic heterocycles. The third-order valence-corrected chi connectivity index (χ3v) is 5.37. The summed E-state index contributed by atoms with van der Waals surface area (Å²) in [5, 5.41) is 9.94. The summed E-state index contributed by atoms with van der Waals surface area (Å²) in [6.07, 6.45) is 3.79. The SMILES string of the molecule is O=C(ON1C(=O)C[C@@H](S)C1O)C1CCC(CN2C(=O)C=CC2=O)CC1. The second kappa shape index (κ2) is 7.17. The van der Waals surface area contributed by atoms with Crippen LogP contribution in [0.3, 0.4) is 0 Å². The molecule has 2 fully saturated rings. The van der Waals surface area contributed by atoms with E-state index in [0.717, 1.165) is 0 Å². The molecule has 1 unspecified atom stereocenters. The van der Waals surface area contributed by atoms with Crippen LogP contribution in [0, 0.1) is 11.8 Å². The third kappa shape index (κ3) is 3.72. The zero-order valence-corrected chi connectivity index (χ0v) is 14.4. The van der Waals surface area contributed by atoms with Gasteiger partial charge in [-0.1, -0.05) is 0 Å². The van der Waals surface area contributed by atoms with Crippen LogP contribution in [-0.2, 0) is 24.0 Å².